The number of hydrogen-bond acceptors (Lipinski definition) is 2. The van der Waals surface area contributed by atoms with Crippen molar-refractivity contribution >= 4 is 17.3 Å². The molecule has 0 unspecified atom stereocenters. The van der Waals surface area contributed by atoms with Gasteiger partial charge in [-0.25, -0.2) is 4.79 Å². The van der Waals surface area contributed by atoms with Gasteiger partial charge in [0.2, 0.25) is 0 Å². The second-order valence-corrected chi connectivity index (χ2v) is 3.77. The van der Waals surface area contributed by atoms with Crippen molar-refractivity contribution in [2.24, 2.45) is 0 Å². The fourth-order valence-electron chi connectivity index (χ4n) is 1.54. The molecule has 3 heteroatoms. The molecule has 2 aromatic carbocycles. The van der Waals surface area contributed by atoms with Crippen LogP contribution in [0.4, 0.5) is 11.4 Å². The average Bonchev–Trinajstić information content (AvgIpc) is 2.51. The Morgan fingerprint density at radius 1 is 0.900 bits per heavy atom. The first kappa shape index (κ1) is 15.2. The van der Waals surface area contributed by atoms with E-state index < -0.39 is 5.97 Å². The lowest BCUT2D eigenvalue weighted by atomic mass is 10.2. The predicted molar refractivity (Wildman–Crippen MR) is 83.1 cm³/mol. The van der Waals surface area contributed by atoms with Crippen LogP contribution in [0.25, 0.3) is 0 Å². The van der Waals surface area contributed by atoms with Gasteiger partial charge in [-0.15, -0.1) is 0 Å². The van der Waals surface area contributed by atoms with Crippen LogP contribution in [0.1, 0.15) is 0 Å². The smallest absolute Gasteiger partial charge is 0.327 e. The first-order valence-corrected chi connectivity index (χ1v) is 6.06. The van der Waals surface area contributed by atoms with Crippen LogP contribution in [0, 0.1) is 0 Å². The van der Waals surface area contributed by atoms with Crippen LogP contribution in [-0.2, 0) is 4.79 Å². The maximum Gasteiger partial charge on any atom is 0.327 e. The Kier molecular flexibility index (Phi) is 6.34. The molecule has 0 fully saturated rings. The Hall–Kier alpha value is -2.81. The molecule has 0 heterocycles. The predicted octanol–water partition coefficient (Wildman–Crippen LogP) is 4.23. The van der Waals surface area contributed by atoms with E-state index >= 15 is 0 Å². The van der Waals surface area contributed by atoms with Crippen molar-refractivity contribution in [3.8, 4) is 0 Å². The number of carboxylic acids is 1. The number of benzene rings is 2. The maximum absolute atomic E-state index is 9.25. The van der Waals surface area contributed by atoms with Crippen molar-refractivity contribution < 1.29 is 9.90 Å². The van der Waals surface area contributed by atoms with Gasteiger partial charge in [-0.2, -0.15) is 0 Å². The molecular weight excluding hydrogens is 250 g/mol. The van der Waals surface area contributed by atoms with Crippen LogP contribution in [0.2, 0.25) is 0 Å². The zero-order chi connectivity index (χ0) is 14.8. The van der Waals surface area contributed by atoms with Crippen molar-refractivity contribution in [2.75, 3.05) is 4.90 Å². The SMILES string of the molecule is C=CC(=O)O.C=CN(c1ccccc1)c1ccccc1. The molecule has 0 spiro atoms. The summed E-state index contributed by atoms with van der Waals surface area (Å²) >= 11 is 0. The number of aliphatic carboxylic acids is 1. The number of anilines is 2. The molecule has 0 atom stereocenters. The molecule has 2 rings (SSSR count). The molecule has 0 aliphatic rings. The van der Waals surface area contributed by atoms with Crippen molar-refractivity contribution in [1.29, 1.82) is 0 Å². The Balaban J connectivity index is 0.000000347. The van der Waals surface area contributed by atoms with E-state index in [1.54, 1.807) is 0 Å². The number of para-hydroxylation sites is 2. The maximum atomic E-state index is 9.25. The van der Waals surface area contributed by atoms with E-state index in [-0.39, 0.29) is 0 Å². The molecule has 102 valence electrons. The van der Waals surface area contributed by atoms with Gasteiger partial charge in [0.25, 0.3) is 0 Å². The van der Waals surface area contributed by atoms with E-state index in [0.717, 1.165) is 17.5 Å². The molecule has 3 nitrogen and oxygen atoms in total. The summed E-state index contributed by atoms with van der Waals surface area (Å²) in [6.45, 7) is 6.80. The summed E-state index contributed by atoms with van der Waals surface area (Å²) < 4.78 is 0. The van der Waals surface area contributed by atoms with Crippen LogP contribution in [0.5, 0.6) is 0 Å². The average molecular weight is 267 g/mol. The van der Waals surface area contributed by atoms with E-state index in [0.29, 0.717) is 0 Å². The fourth-order valence-corrected chi connectivity index (χ4v) is 1.54. The summed E-state index contributed by atoms with van der Waals surface area (Å²) in [4.78, 5) is 11.3. The molecule has 0 bridgehead atoms. The van der Waals surface area contributed by atoms with Gasteiger partial charge >= 0.3 is 5.97 Å². The highest BCUT2D eigenvalue weighted by molar-refractivity contribution is 5.78. The molecule has 1 N–H and O–H groups in total. The van der Waals surface area contributed by atoms with Crippen LogP contribution >= 0.6 is 0 Å². The normalized spacial score (nSPS) is 8.80. The minimum Gasteiger partial charge on any atom is -0.478 e. The van der Waals surface area contributed by atoms with E-state index in [2.05, 4.69) is 42.3 Å². The standard InChI is InChI=1S/C14H13N.C3H4O2/c1-2-15(13-9-5-3-6-10-13)14-11-7-4-8-12-14;1-2-3(4)5/h2-12H,1H2;2H,1H2,(H,4,5). The highest BCUT2D eigenvalue weighted by Gasteiger charge is 2.02. The van der Waals surface area contributed by atoms with Crippen molar-refractivity contribution in [3.63, 3.8) is 0 Å². The second-order valence-electron chi connectivity index (χ2n) is 3.77. The fraction of sp³-hybridized carbons (Fsp3) is 0. The Bertz CT molecular complexity index is 510. The molecule has 0 radical (unpaired) electrons. The van der Waals surface area contributed by atoms with E-state index in [1.807, 2.05) is 42.6 Å². The molecule has 0 aromatic heterocycles. The lowest BCUT2D eigenvalue weighted by Gasteiger charge is -2.19. The molecule has 0 aliphatic heterocycles. The summed E-state index contributed by atoms with van der Waals surface area (Å²) in [5.41, 5.74) is 2.25. The van der Waals surface area contributed by atoms with Crippen molar-refractivity contribution in [1.82, 2.24) is 0 Å². The lowest BCUT2D eigenvalue weighted by molar-refractivity contribution is -0.131. The number of carbonyl (C=O) groups is 1. The van der Waals surface area contributed by atoms with Crippen LogP contribution in [-0.4, -0.2) is 11.1 Å². The minimum absolute atomic E-state index is 0.833. The number of nitrogens with zero attached hydrogens (tertiary/aromatic N) is 1. The lowest BCUT2D eigenvalue weighted by Crippen LogP contribution is -2.06. The van der Waals surface area contributed by atoms with Gasteiger partial charge in [-0.05, 0) is 24.3 Å². The van der Waals surface area contributed by atoms with Gasteiger partial charge in [-0.1, -0.05) is 49.6 Å². The monoisotopic (exact) mass is 267 g/mol. The largest absolute Gasteiger partial charge is 0.478 e. The minimum atomic E-state index is -0.981. The summed E-state index contributed by atoms with van der Waals surface area (Å²) in [5.74, 6) is -0.981. The van der Waals surface area contributed by atoms with Gasteiger partial charge in [0, 0.05) is 23.7 Å². The number of rotatable bonds is 4. The van der Waals surface area contributed by atoms with Crippen molar-refractivity contribution in [2.45, 2.75) is 0 Å². The van der Waals surface area contributed by atoms with Gasteiger partial charge in [0.05, 0.1) is 0 Å². The molecule has 20 heavy (non-hydrogen) atoms. The zero-order valence-electron chi connectivity index (χ0n) is 11.1. The topological polar surface area (TPSA) is 40.5 Å². The van der Waals surface area contributed by atoms with Crippen LogP contribution in [0.15, 0.2) is 86.1 Å². The van der Waals surface area contributed by atoms with Gasteiger partial charge in [0.15, 0.2) is 0 Å². The molecular formula is C17H17NO2. The third kappa shape index (κ3) is 4.82. The Morgan fingerprint density at radius 2 is 1.25 bits per heavy atom. The zero-order valence-corrected chi connectivity index (χ0v) is 11.1. The highest BCUT2D eigenvalue weighted by Crippen LogP contribution is 2.24. The van der Waals surface area contributed by atoms with Crippen LogP contribution < -0.4 is 4.90 Å². The van der Waals surface area contributed by atoms with E-state index in [1.165, 1.54) is 0 Å². The van der Waals surface area contributed by atoms with Gasteiger partial charge in [-0.3, -0.25) is 0 Å². The Labute approximate surface area is 119 Å². The van der Waals surface area contributed by atoms with Gasteiger partial charge in [0.1, 0.15) is 0 Å². The molecule has 0 saturated carbocycles. The first-order valence-electron chi connectivity index (χ1n) is 6.06. The number of hydrogen-bond donors (Lipinski definition) is 1. The summed E-state index contributed by atoms with van der Waals surface area (Å²) in [6.07, 6.45) is 2.66. The molecule has 0 amide bonds. The first-order chi connectivity index (χ1) is 9.69. The number of carboxylic acid groups (broad SMARTS) is 1. The molecule has 2 aromatic rings. The van der Waals surface area contributed by atoms with E-state index in [9.17, 15) is 4.79 Å². The van der Waals surface area contributed by atoms with Gasteiger partial charge < -0.3 is 10.0 Å². The highest BCUT2D eigenvalue weighted by atomic mass is 16.4. The Morgan fingerprint density at radius 3 is 1.50 bits per heavy atom. The summed E-state index contributed by atoms with van der Waals surface area (Å²) in [6, 6.07) is 20.4. The quantitative estimate of drug-likeness (QED) is 0.843. The van der Waals surface area contributed by atoms with Crippen molar-refractivity contribution in [3.05, 3.63) is 86.1 Å². The van der Waals surface area contributed by atoms with E-state index in [4.69, 9.17) is 5.11 Å². The van der Waals surface area contributed by atoms with Crippen LogP contribution in [0.3, 0.4) is 0 Å². The molecule has 0 aliphatic carbocycles. The second kappa shape index (κ2) is 8.32. The summed E-state index contributed by atoms with van der Waals surface area (Å²) in [5, 5.41) is 7.60. The third-order valence-electron chi connectivity index (χ3n) is 2.43. The molecule has 0 saturated heterocycles. The third-order valence-corrected chi connectivity index (χ3v) is 2.43. The summed E-state index contributed by atoms with van der Waals surface area (Å²) in [7, 11) is 0.